The molecule has 0 radical (unpaired) electrons. The van der Waals surface area contributed by atoms with Gasteiger partial charge in [-0.15, -0.1) is 0 Å². The first-order valence-corrected chi connectivity index (χ1v) is 4.51. The summed E-state index contributed by atoms with van der Waals surface area (Å²) in [5, 5.41) is 3.82. The molecule has 0 amide bonds. The molecule has 2 rings (SSSR count). The van der Waals surface area contributed by atoms with Crippen molar-refractivity contribution in [2.24, 2.45) is 0 Å². The molecular formula is C7H4BrClN2O2. The number of rotatable bonds is 1. The van der Waals surface area contributed by atoms with Gasteiger partial charge in [0.25, 0.3) is 0 Å². The molecule has 0 saturated carbocycles. The Morgan fingerprint density at radius 2 is 2.31 bits per heavy atom. The van der Waals surface area contributed by atoms with Gasteiger partial charge in [0.05, 0.1) is 11.8 Å². The molecule has 2 N–H and O–H groups in total. The van der Waals surface area contributed by atoms with E-state index in [2.05, 4.69) is 21.1 Å². The van der Waals surface area contributed by atoms with Crippen LogP contribution in [0.4, 0.5) is 5.82 Å². The van der Waals surface area contributed by atoms with E-state index in [1.165, 1.54) is 6.26 Å². The second-order valence-electron chi connectivity index (χ2n) is 2.32. The molecule has 0 aromatic carbocycles. The Morgan fingerprint density at radius 1 is 1.54 bits per heavy atom. The highest BCUT2D eigenvalue weighted by Crippen LogP contribution is 2.36. The van der Waals surface area contributed by atoms with E-state index in [0.717, 1.165) is 0 Å². The van der Waals surface area contributed by atoms with Crippen molar-refractivity contribution in [2.45, 2.75) is 0 Å². The van der Waals surface area contributed by atoms with Gasteiger partial charge in [0.1, 0.15) is 5.02 Å². The van der Waals surface area contributed by atoms with Crippen molar-refractivity contribution in [1.82, 2.24) is 5.16 Å². The molecule has 13 heavy (non-hydrogen) atoms. The molecule has 0 fully saturated rings. The van der Waals surface area contributed by atoms with E-state index in [4.69, 9.17) is 26.3 Å². The lowest BCUT2D eigenvalue weighted by Crippen LogP contribution is -1.82. The van der Waals surface area contributed by atoms with Crippen molar-refractivity contribution in [1.29, 1.82) is 0 Å². The molecule has 0 unspecified atom stereocenters. The van der Waals surface area contributed by atoms with Crippen molar-refractivity contribution >= 4 is 33.3 Å². The topological polar surface area (TPSA) is 65.2 Å². The number of hydrogen-bond acceptors (Lipinski definition) is 4. The fourth-order valence-corrected chi connectivity index (χ4v) is 1.51. The van der Waals surface area contributed by atoms with Gasteiger partial charge in [-0.05, 0) is 22.0 Å². The number of furan rings is 1. The van der Waals surface area contributed by atoms with Gasteiger partial charge in [0.15, 0.2) is 16.2 Å². The van der Waals surface area contributed by atoms with Gasteiger partial charge >= 0.3 is 0 Å². The molecule has 0 spiro atoms. The summed E-state index contributed by atoms with van der Waals surface area (Å²) >= 11 is 9.02. The highest BCUT2D eigenvalue weighted by atomic mass is 79.9. The van der Waals surface area contributed by atoms with Crippen LogP contribution in [0.2, 0.25) is 5.02 Å². The van der Waals surface area contributed by atoms with Gasteiger partial charge in [-0.25, -0.2) is 0 Å². The molecule has 4 nitrogen and oxygen atoms in total. The van der Waals surface area contributed by atoms with Crippen LogP contribution >= 0.6 is 27.5 Å². The Morgan fingerprint density at radius 3 is 2.77 bits per heavy atom. The van der Waals surface area contributed by atoms with E-state index in [1.54, 1.807) is 6.07 Å². The molecule has 68 valence electrons. The van der Waals surface area contributed by atoms with Crippen LogP contribution in [-0.4, -0.2) is 5.16 Å². The molecule has 0 bridgehead atoms. The van der Waals surface area contributed by atoms with E-state index in [-0.39, 0.29) is 5.82 Å². The second-order valence-corrected chi connectivity index (χ2v) is 3.42. The number of halogens is 2. The van der Waals surface area contributed by atoms with Crippen molar-refractivity contribution in [3.63, 3.8) is 0 Å². The van der Waals surface area contributed by atoms with Crippen LogP contribution in [0.5, 0.6) is 0 Å². The Labute approximate surface area is 86.8 Å². The number of hydrogen-bond donors (Lipinski definition) is 1. The third-order valence-electron chi connectivity index (χ3n) is 1.52. The SMILES string of the molecule is Nc1noc(-c2ccoc2Br)c1Cl. The van der Waals surface area contributed by atoms with Crippen LogP contribution < -0.4 is 5.73 Å². The van der Waals surface area contributed by atoms with Gasteiger partial charge in [-0.3, -0.25) is 0 Å². The molecule has 2 aromatic rings. The monoisotopic (exact) mass is 262 g/mol. The summed E-state index contributed by atoms with van der Waals surface area (Å²) in [7, 11) is 0. The Balaban J connectivity index is 2.59. The summed E-state index contributed by atoms with van der Waals surface area (Å²) in [5.41, 5.74) is 6.10. The third-order valence-corrected chi connectivity index (χ3v) is 2.50. The number of aromatic nitrogens is 1. The minimum absolute atomic E-state index is 0.171. The van der Waals surface area contributed by atoms with Crippen molar-refractivity contribution < 1.29 is 8.94 Å². The van der Waals surface area contributed by atoms with Crippen LogP contribution in [0.1, 0.15) is 0 Å². The molecule has 0 aliphatic rings. The quantitative estimate of drug-likeness (QED) is 0.859. The van der Waals surface area contributed by atoms with Gasteiger partial charge in [-0.1, -0.05) is 16.8 Å². The maximum Gasteiger partial charge on any atom is 0.192 e. The predicted octanol–water partition coefficient (Wildman–Crippen LogP) is 2.93. The lowest BCUT2D eigenvalue weighted by molar-refractivity contribution is 0.434. The van der Waals surface area contributed by atoms with Gasteiger partial charge in [0.2, 0.25) is 0 Å². The summed E-state index contributed by atoms with van der Waals surface area (Å²) in [5.74, 6) is 0.574. The molecule has 0 aliphatic carbocycles. The van der Waals surface area contributed by atoms with E-state index < -0.39 is 0 Å². The van der Waals surface area contributed by atoms with Gasteiger partial charge in [0, 0.05) is 0 Å². The summed E-state index contributed by atoms with van der Waals surface area (Å²) < 4.78 is 10.5. The van der Waals surface area contributed by atoms with Crippen LogP contribution in [0.15, 0.2) is 25.9 Å². The van der Waals surface area contributed by atoms with Gasteiger partial charge < -0.3 is 14.7 Å². The molecule has 2 aromatic heterocycles. The van der Waals surface area contributed by atoms with Crippen molar-refractivity contribution in [3.8, 4) is 11.3 Å². The first kappa shape index (κ1) is 8.65. The molecule has 6 heteroatoms. The maximum atomic E-state index is 5.83. The molecule has 0 aliphatic heterocycles. The van der Waals surface area contributed by atoms with Crippen molar-refractivity contribution in [2.75, 3.05) is 5.73 Å². The largest absolute Gasteiger partial charge is 0.457 e. The van der Waals surface area contributed by atoms with Gasteiger partial charge in [-0.2, -0.15) is 0 Å². The lowest BCUT2D eigenvalue weighted by Gasteiger charge is -1.90. The first-order chi connectivity index (χ1) is 6.20. The average Bonchev–Trinajstić information content (AvgIpc) is 2.62. The smallest absolute Gasteiger partial charge is 0.192 e. The Hall–Kier alpha value is -0.940. The van der Waals surface area contributed by atoms with Crippen molar-refractivity contribution in [3.05, 3.63) is 22.0 Å². The highest BCUT2D eigenvalue weighted by Gasteiger charge is 2.17. The fraction of sp³-hybridized carbons (Fsp3) is 0. The summed E-state index contributed by atoms with van der Waals surface area (Å²) in [6, 6.07) is 1.70. The highest BCUT2D eigenvalue weighted by molar-refractivity contribution is 9.10. The Bertz CT molecular complexity index is 437. The first-order valence-electron chi connectivity index (χ1n) is 3.34. The zero-order valence-electron chi connectivity index (χ0n) is 6.25. The third kappa shape index (κ3) is 1.34. The van der Waals surface area contributed by atoms with E-state index in [9.17, 15) is 0 Å². The summed E-state index contributed by atoms with van der Waals surface area (Å²) in [6.45, 7) is 0. The predicted molar refractivity (Wildman–Crippen MR) is 51.3 cm³/mol. The molecule has 0 saturated heterocycles. The summed E-state index contributed by atoms with van der Waals surface area (Å²) in [6.07, 6.45) is 1.51. The number of anilines is 1. The minimum atomic E-state index is 0.171. The number of nitrogens with zero attached hydrogens (tertiary/aromatic N) is 1. The van der Waals surface area contributed by atoms with E-state index in [0.29, 0.717) is 21.0 Å². The Kier molecular flexibility index (Phi) is 2.05. The normalized spacial score (nSPS) is 10.6. The average molecular weight is 263 g/mol. The van der Waals surface area contributed by atoms with Crippen LogP contribution in [0, 0.1) is 0 Å². The fourth-order valence-electron chi connectivity index (χ4n) is 0.914. The van der Waals surface area contributed by atoms with E-state index in [1.807, 2.05) is 0 Å². The lowest BCUT2D eigenvalue weighted by atomic mass is 10.2. The molecule has 0 atom stereocenters. The number of nitrogen functional groups attached to an aromatic ring is 1. The zero-order chi connectivity index (χ0) is 9.42. The molecular weight excluding hydrogens is 259 g/mol. The van der Waals surface area contributed by atoms with Crippen LogP contribution in [0.25, 0.3) is 11.3 Å². The maximum absolute atomic E-state index is 5.83. The van der Waals surface area contributed by atoms with E-state index >= 15 is 0 Å². The zero-order valence-corrected chi connectivity index (χ0v) is 8.59. The second kappa shape index (κ2) is 3.08. The number of nitrogens with two attached hydrogens (primary N) is 1. The molecule has 2 heterocycles. The standard InChI is InChI=1S/C7H4BrClN2O2/c8-6-3(1-2-12-6)5-4(9)7(10)11-13-5/h1-2H,(H2,10,11). The minimum Gasteiger partial charge on any atom is -0.457 e. The van der Waals surface area contributed by atoms with Crippen LogP contribution in [0.3, 0.4) is 0 Å². The summed E-state index contributed by atoms with van der Waals surface area (Å²) in [4.78, 5) is 0. The van der Waals surface area contributed by atoms with Crippen LogP contribution in [-0.2, 0) is 0 Å².